The van der Waals surface area contributed by atoms with Gasteiger partial charge in [-0.15, -0.1) is 0 Å². The summed E-state index contributed by atoms with van der Waals surface area (Å²) in [6.45, 7) is 1.19. The second kappa shape index (κ2) is 6.48. The molecule has 0 fully saturated rings. The summed E-state index contributed by atoms with van der Waals surface area (Å²) < 4.78 is 41.6. The number of nitrogens with zero attached hydrogens (tertiary/aromatic N) is 1. The van der Waals surface area contributed by atoms with Gasteiger partial charge in [0.05, 0.1) is 27.9 Å². The van der Waals surface area contributed by atoms with Gasteiger partial charge in [0.2, 0.25) is 0 Å². The molecule has 0 saturated heterocycles. The molecular weight excluding hydrogens is 394 g/mol. The van der Waals surface area contributed by atoms with Gasteiger partial charge in [-0.3, -0.25) is 4.55 Å². The van der Waals surface area contributed by atoms with Crippen LogP contribution in [0.4, 0.5) is 0 Å². The Bertz CT molecular complexity index is 872. The van der Waals surface area contributed by atoms with E-state index in [-0.39, 0.29) is 23.6 Å². The lowest BCUT2D eigenvalue weighted by Gasteiger charge is -2.07. The summed E-state index contributed by atoms with van der Waals surface area (Å²) in [5, 5.41) is 10.2. The van der Waals surface area contributed by atoms with Gasteiger partial charge in [-0.05, 0) is 35.0 Å². The van der Waals surface area contributed by atoms with E-state index in [4.69, 9.17) is 9.29 Å². The summed E-state index contributed by atoms with van der Waals surface area (Å²) in [6.07, 6.45) is 0. The summed E-state index contributed by atoms with van der Waals surface area (Å²) in [4.78, 5) is 12.2. The fourth-order valence-electron chi connectivity index (χ4n) is 2.23. The van der Waals surface area contributed by atoms with Crippen molar-refractivity contribution in [1.82, 2.24) is 4.57 Å². The summed E-state index contributed by atoms with van der Waals surface area (Å²) in [7, 11) is -3.08. The zero-order chi connectivity index (χ0) is 17.4. The van der Waals surface area contributed by atoms with E-state index in [1.54, 1.807) is 20.0 Å². The molecule has 0 atom stereocenters. The Kier molecular flexibility index (Phi) is 4.99. The van der Waals surface area contributed by atoms with Crippen molar-refractivity contribution in [2.75, 3.05) is 6.61 Å². The summed E-state index contributed by atoms with van der Waals surface area (Å²) in [6, 6.07) is 2.94. The largest absolute Gasteiger partial charge is 0.507 e. The van der Waals surface area contributed by atoms with E-state index in [0.717, 1.165) is 0 Å². The molecule has 0 radical (unpaired) electrons. The number of carbonyl (C=O) groups excluding carboxylic acids is 1. The fourth-order valence-corrected chi connectivity index (χ4v) is 2.82. The lowest BCUT2D eigenvalue weighted by atomic mass is 10.1. The highest BCUT2D eigenvalue weighted by molar-refractivity contribution is 9.10. The van der Waals surface area contributed by atoms with Crippen LogP contribution in [0.3, 0.4) is 0 Å². The van der Waals surface area contributed by atoms with Crippen LogP contribution in [-0.2, 0) is 33.0 Å². The van der Waals surface area contributed by atoms with Crippen molar-refractivity contribution in [3.05, 3.63) is 27.9 Å². The first-order valence-corrected chi connectivity index (χ1v) is 8.60. The molecule has 0 aliphatic rings. The third-order valence-electron chi connectivity index (χ3n) is 3.21. The normalized spacial score (nSPS) is 11.8. The molecule has 1 aromatic carbocycles. The van der Waals surface area contributed by atoms with E-state index in [0.29, 0.717) is 15.4 Å². The Morgan fingerprint density at radius 1 is 1.39 bits per heavy atom. The third-order valence-corrected chi connectivity index (χ3v) is 4.26. The molecule has 0 spiro atoms. The number of ether oxygens (including phenoxy) is 1. The molecule has 0 bridgehead atoms. The van der Waals surface area contributed by atoms with E-state index in [1.165, 1.54) is 10.6 Å². The van der Waals surface area contributed by atoms with Crippen LogP contribution in [0.25, 0.3) is 10.9 Å². The minimum absolute atomic E-state index is 0.0656. The predicted octanol–water partition coefficient (Wildman–Crippen LogP) is 2.14. The SMILES string of the molecule is CCOC(=O)c1c(COS(=O)(=O)O)n(C)c2cc(Br)c(O)cc12. The van der Waals surface area contributed by atoms with Crippen molar-refractivity contribution in [2.24, 2.45) is 7.05 Å². The average Bonchev–Trinajstić information content (AvgIpc) is 2.69. The van der Waals surface area contributed by atoms with Crippen molar-refractivity contribution < 1.29 is 31.8 Å². The molecular formula is C13H14BrNO7S. The summed E-state index contributed by atoms with van der Waals surface area (Å²) in [5.41, 5.74) is 0.802. The lowest BCUT2D eigenvalue weighted by molar-refractivity contribution is 0.0524. The van der Waals surface area contributed by atoms with Crippen LogP contribution < -0.4 is 0 Å². The van der Waals surface area contributed by atoms with Gasteiger partial charge in [-0.25, -0.2) is 8.98 Å². The Balaban J connectivity index is 2.69. The number of fused-ring (bicyclic) bond motifs is 1. The Labute approximate surface area is 140 Å². The van der Waals surface area contributed by atoms with Gasteiger partial charge in [0, 0.05) is 12.4 Å². The topological polar surface area (TPSA) is 115 Å². The van der Waals surface area contributed by atoms with Crippen molar-refractivity contribution in [3.8, 4) is 5.75 Å². The number of aryl methyl sites for hydroxylation is 1. The molecule has 0 amide bonds. The minimum atomic E-state index is -4.67. The third kappa shape index (κ3) is 3.66. The molecule has 2 aromatic rings. The van der Waals surface area contributed by atoms with Crippen molar-refractivity contribution in [3.63, 3.8) is 0 Å². The number of hydrogen-bond donors (Lipinski definition) is 2. The molecule has 10 heteroatoms. The molecule has 8 nitrogen and oxygen atoms in total. The number of aromatic nitrogens is 1. The summed E-state index contributed by atoms with van der Waals surface area (Å²) in [5.74, 6) is -0.773. The second-order valence-electron chi connectivity index (χ2n) is 4.61. The number of phenols is 1. The highest BCUT2D eigenvalue weighted by Gasteiger charge is 2.24. The van der Waals surface area contributed by atoms with E-state index >= 15 is 0 Å². The number of hydrogen-bond acceptors (Lipinski definition) is 6. The van der Waals surface area contributed by atoms with Crippen LogP contribution in [0.1, 0.15) is 23.0 Å². The number of aromatic hydroxyl groups is 1. The smallest absolute Gasteiger partial charge is 0.397 e. The average molecular weight is 408 g/mol. The molecule has 1 heterocycles. The summed E-state index contributed by atoms with van der Waals surface area (Å²) >= 11 is 3.18. The Morgan fingerprint density at radius 2 is 2.04 bits per heavy atom. The zero-order valence-electron chi connectivity index (χ0n) is 12.2. The molecule has 0 aliphatic carbocycles. The van der Waals surface area contributed by atoms with Gasteiger partial charge in [0.1, 0.15) is 12.4 Å². The maximum Gasteiger partial charge on any atom is 0.397 e. The zero-order valence-corrected chi connectivity index (χ0v) is 14.6. The van der Waals surface area contributed by atoms with Crippen molar-refractivity contribution in [1.29, 1.82) is 0 Å². The number of benzene rings is 1. The van der Waals surface area contributed by atoms with E-state index in [1.807, 2.05) is 0 Å². The van der Waals surface area contributed by atoms with E-state index in [2.05, 4.69) is 20.1 Å². The minimum Gasteiger partial charge on any atom is -0.507 e. The monoisotopic (exact) mass is 407 g/mol. The number of carbonyl (C=O) groups is 1. The second-order valence-corrected chi connectivity index (χ2v) is 6.56. The fraction of sp³-hybridized carbons (Fsp3) is 0.308. The van der Waals surface area contributed by atoms with Crippen molar-refractivity contribution in [2.45, 2.75) is 13.5 Å². The van der Waals surface area contributed by atoms with Gasteiger partial charge in [0.25, 0.3) is 0 Å². The van der Waals surface area contributed by atoms with Gasteiger partial charge < -0.3 is 14.4 Å². The number of rotatable bonds is 5. The highest BCUT2D eigenvalue weighted by atomic mass is 79.9. The number of phenolic OH excluding ortho intramolecular Hbond substituents is 1. The van der Waals surface area contributed by atoms with Gasteiger partial charge in [-0.2, -0.15) is 8.42 Å². The number of halogens is 1. The van der Waals surface area contributed by atoms with Crippen LogP contribution in [0.15, 0.2) is 16.6 Å². The highest BCUT2D eigenvalue weighted by Crippen LogP contribution is 2.34. The molecule has 2 rings (SSSR count). The van der Waals surface area contributed by atoms with Gasteiger partial charge in [-0.1, -0.05) is 0 Å². The molecule has 23 heavy (non-hydrogen) atoms. The standard InChI is InChI=1S/C13H14BrNO7S/c1-3-21-13(17)12-7-4-11(16)8(14)5-9(7)15(2)10(12)6-22-23(18,19)20/h4-5,16H,3,6H2,1-2H3,(H,18,19,20). The van der Waals surface area contributed by atoms with E-state index in [9.17, 15) is 18.3 Å². The first kappa shape index (κ1) is 17.7. The Hall–Kier alpha value is -1.62. The maximum absolute atomic E-state index is 12.2. The first-order valence-electron chi connectivity index (χ1n) is 6.44. The van der Waals surface area contributed by atoms with E-state index < -0.39 is 23.0 Å². The Morgan fingerprint density at radius 3 is 2.61 bits per heavy atom. The predicted molar refractivity (Wildman–Crippen MR) is 84.6 cm³/mol. The van der Waals surface area contributed by atoms with Gasteiger partial charge in [0.15, 0.2) is 0 Å². The molecule has 1 aromatic heterocycles. The molecule has 0 aliphatic heterocycles. The molecule has 0 saturated carbocycles. The van der Waals surface area contributed by atoms with Crippen LogP contribution in [-0.4, -0.2) is 35.2 Å². The maximum atomic E-state index is 12.2. The lowest BCUT2D eigenvalue weighted by Crippen LogP contribution is -2.12. The van der Waals surface area contributed by atoms with Gasteiger partial charge >= 0.3 is 16.4 Å². The molecule has 2 N–H and O–H groups in total. The van der Waals surface area contributed by atoms with Crippen LogP contribution >= 0.6 is 15.9 Å². The first-order chi connectivity index (χ1) is 10.7. The number of esters is 1. The quantitative estimate of drug-likeness (QED) is 0.575. The molecule has 0 unspecified atom stereocenters. The van der Waals surface area contributed by atoms with Crippen LogP contribution in [0.2, 0.25) is 0 Å². The van der Waals surface area contributed by atoms with Crippen LogP contribution in [0, 0.1) is 0 Å². The van der Waals surface area contributed by atoms with Crippen LogP contribution in [0.5, 0.6) is 5.75 Å². The van der Waals surface area contributed by atoms with Crippen molar-refractivity contribution >= 4 is 43.2 Å². The molecule has 126 valence electrons.